The molecule has 20 heavy (non-hydrogen) atoms. The molecule has 0 atom stereocenters. The molecule has 1 aromatic rings. The third-order valence-corrected chi connectivity index (χ3v) is 4.30. The van der Waals surface area contributed by atoms with Crippen molar-refractivity contribution in [2.45, 2.75) is 43.6 Å². The van der Waals surface area contributed by atoms with Crippen LogP contribution >= 0.6 is 0 Å². The lowest BCUT2D eigenvalue weighted by Gasteiger charge is -2.27. The number of benzene rings is 1. The number of carbonyl (C=O) groups is 2. The van der Waals surface area contributed by atoms with Gasteiger partial charge in [-0.25, -0.2) is 0 Å². The maximum Gasteiger partial charge on any atom is 0.305 e. The molecule has 106 valence electrons. The van der Waals surface area contributed by atoms with Gasteiger partial charge in [-0.2, -0.15) is 0 Å². The van der Waals surface area contributed by atoms with Gasteiger partial charge in [-0.3, -0.25) is 9.59 Å². The fourth-order valence-electron chi connectivity index (χ4n) is 2.84. The Morgan fingerprint density at radius 2 is 1.85 bits per heavy atom. The quantitative estimate of drug-likeness (QED) is 0.864. The molecule has 3 rings (SSSR count). The molecule has 4 heteroatoms. The van der Waals surface area contributed by atoms with Crippen LogP contribution < -0.4 is 0 Å². The maximum atomic E-state index is 12.9. The smallest absolute Gasteiger partial charge is 0.305 e. The molecule has 1 aromatic carbocycles. The van der Waals surface area contributed by atoms with E-state index >= 15 is 0 Å². The predicted molar refractivity (Wildman–Crippen MR) is 74.3 cm³/mol. The number of carbonyl (C=O) groups excluding carboxylic acids is 1. The molecule has 1 N–H and O–H groups in total. The van der Waals surface area contributed by atoms with Crippen molar-refractivity contribution in [3.63, 3.8) is 0 Å². The SMILES string of the molecule is O=C(O)CCN(C(=O)C1(c2ccccc2)CC1)C1CC1. The van der Waals surface area contributed by atoms with Crippen LogP contribution in [0.1, 0.15) is 37.7 Å². The number of rotatable bonds is 6. The largest absolute Gasteiger partial charge is 0.481 e. The second kappa shape index (κ2) is 4.93. The van der Waals surface area contributed by atoms with Crippen LogP contribution in [-0.4, -0.2) is 34.5 Å². The van der Waals surface area contributed by atoms with Crippen molar-refractivity contribution in [2.24, 2.45) is 0 Å². The van der Waals surface area contributed by atoms with Crippen LogP contribution in [0.4, 0.5) is 0 Å². The summed E-state index contributed by atoms with van der Waals surface area (Å²) in [7, 11) is 0. The van der Waals surface area contributed by atoms with E-state index in [1.54, 1.807) is 0 Å². The van der Waals surface area contributed by atoms with E-state index in [-0.39, 0.29) is 23.8 Å². The van der Waals surface area contributed by atoms with E-state index in [9.17, 15) is 9.59 Å². The third kappa shape index (κ3) is 2.42. The minimum Gasteiger partial charge on any atom is -0.481 e. The van der Waals surface area contributed by atoms with Gasteiger partial charge in [0.2, 0.25) is 5.91 Å². The van der Waals surface area contributed by atoms with Gasteiger partial charge in [0.15, 0.2) is 0 Å². The van der Waals surface area contributed by atoms with Gasteiger partial charge in [0.25, 0.3) is 0 Å². The first-order valence-corrected chi connectivity index (χ1v) is 7.22. The van der Waals surface area contributed by atoms with E-state index in [0.29, 0.717) is 6.54 Å². The highest BCUT2D eigenvalue weighted by Gasteiger charge is 2.54. The van der Waals surface area contributed by atoms with E-state index in [4.69, 9.17) is 5.11 Å². The molecule has 2 aliphatic rings. The van der Waals surface area contributed by atoms with Gasteiger partial charge in [-0.15, -0.1) is 0 Å². The van der Waals surface area contributed by atoms with Gasteiger partial charge in [0.05, 0.1) is 11.8 Å². The third-order valence-electron chi connectivity index (χ3n) is 4.30. The van der Waals surface area contributed by atoms with Crippen LogP contribution in [0.5, 0.6) is 0 Å². The molecule has 4 nitrogen and oxygen atoms in total. The standard InChI is InChI=1S/C16H19NO3/c18-14(19)8-11-17(13-6-7-13)15(20)16(9-10-16)12-4-2-1-3-5-12/h1-5,13H,6-11H2,(H,18,19). The lowest BCUT2D eigenvalue weighted by atomic mass is 9.94. The minimum atomic E-state index is -0.840. The zero-order chi connectivity index (χ0) is 14.2. The number of aliphatic carboxylic acids is 1. The fraction of sp³-hybridized carbons (Fsp3) is 0.500. The van der Waals surface area contributed by atoms with Crippen molar-refractivity contribution in [1.82, 2.24) is 4.90 Å². The van der Waals surface area contributed by atoms with Crippen molar-refractivity contribution < 1.29 is 14.7 Å². The summed E-state index contributed by atoms with van der Waals surface area (Å²) in [5.74, 6) is -0.708. The molecular formula is C16H19NO3. The van der Waals surface area contributed by atoms with Crippen molar-refractivity contribution in [1.29, 1.82) is 0 Å². The molecule has 0 radical (unpaired) electrons. The van der Waals surface area contributed by atoms with Crippen LogP contribution in [0.15, 0.2) is 30.3 Å². The first-order valence-electron chi connectivity index (χ1n) is 7.22. The Morgan fingerprint density at radius 1 is 1.20 bits per heavy atom. The van der Waals surface area contributed by atoms with Crippen molar-refractivity contribution in [3.05, 3.63) is 35.9 Å². The predicted octanol–water partition coefficient (Wildman–Crippen LogP) is 2.18. The second-order valence-corrected chi connectivity index (χ2v) is 5.82. The molecular weight excluding hydrogens is 254 g/mol. The Bertz CT molecular complexity index is 518. The number of carboxylic acid groups (broad SMARTS) is 1. The lowest BCUT2D eigenvalue weighted by molar-refractivity contribution is -0.139. The van der Waals surface area contributed by atoms with Crippen LogP contribution in [0.2, 0.25) is 0 Å². The number of nitrogens with zero attached hydrogens (tertiary/aromatic N) is 1. The van der Waals surface area contributed by atoms with Gasteiger partial charge in [0, 0.05) is 12.6 Å². The molecule has 0 bridgehead atoms. The summed E-state index contributed by atoms with van der Waals surface area (Å²) >= 11 is 0. The van der Waals surface area contributed by atoms with E-state index in [1.165, 1.54) is 0 Å². The first-order chi connectivity index (χ1) is 9.63. The number of hydrogen-bond acceptors (Lipinski definition) is 2. The van der Waals surface area contributed by atoms with Gasteiger partial charge in [-0.05, 0) is 31.2 Å². The Hall–Kier alpha value is -1.84. The molecule has 2 fully saturated rings. The molecule has 0 aliphatic heterocycles. The monoisotopic (exact) mass is 273 g/mol. The van der Waals surface area contributed by atoms with Crippen molar-refractivity contribution in [3.8, 4) is 0 Å². The van der Waals surface area contributed by atoms with E-state index in [0.717, 1.165) is 31.2 Å². The van der Waals surface area contributed by atoms with Gasteiger partial charge in [-0.1, -0.05) is 30.3 Å². The van der Waals surface area contributed by atoms with E-state index in [1.807, 2.05) is 35.2 Å². The molecule has 0 saturated heterocycles. The Labute approximate surface area is 118 Å². The topological polar surface area (TPSA) is 57.6 Å². The number of hydrogen-bond donors (Lipinski definition) is 1. The van der Waals surface area contributed by atoms with Crippen LogP contribution in [0.25, 0.3) is 0 Å². The fourth-order valence-corrected chi connectivity index (χ4v) is 2.84. The summed E-state index contributed by atoms with van der Waals surface area (Å²) in [6.45, 7) is 0.341. The summed E-state index contributed by atoms with van der Waals surface area (Å²) in [4.78, 5) is 25.4. The second-order valence-electron chi connectivity index (χ2n) is 5.82. The summed E-state index contributed by atoms with van der Waals surface area (Å²) < 4.78 is 0. The summed E-state index contributed by atoms with van der Waals surface area (Å²) in [5, 5.41) is 8.84. The highest BCUT2D eigenvalue weighted by atomic mass is 16.4. The van der Waals surface area contributed by atoms with Gasteiger partial charge in [0.1, 0.15) is 0 Å². The minimum absolute atomic E-state index is 0.0348. The van der Waals surface area contributed by atoms with E-state index < -0.39 is 5.97 Å². The molecule has 2 aliphatic carbocycles. The van der Waals surface area contributed by atoms with E-state index in [2.05, 4.69) is 0 Å². The lowest BCUT2D eigenvalue weighted by Crippen LogP contribution is -2.42. The average Bonchev–Trinajstić information content (AvgIpc) is 3.33. The number of amides is 1. The molecule has 0 spiro atoms. The zero-order valence-electron chi connectivity index (χ0n) is 11.4. The molecule has 1 amide bonds. The van der Waals surface area contributed by atoms with Crippen LogP contribution in [0, 0.1) is 0 Å². The van der Waals surface area contributed by atoms with Crippen LogP contribution in [-0.2, 0) is 15.0 Å². The highest BCUT2D eigenvalue weighted by Crippen LogP contribution is 2.50. The van der Waals surface area contributed by atoms with Crippen molar-refractivity contribution >= 4 is 11.9 Å². The Kier molecular flexibility index (Phi) is 3.24. The molecule has 0 aromatic heterocycles. The maximum absolute atomic E-state index is 12.9. The highest BCUT2D eigenvalue weighted by molar-refractivity contribution is 5.92. The first kappa shape index (κ1) is 13.2. The van der Waals surface area contributed by atoms with Gasteiger partial charge < -0.3 is 10.0 Å². The Balaban J connectivity index is 1.77. The summed E-state index contributed by atoms with van der Waals surface area (Å²) in [6, 6.07) is 10.2. The zero-order valence-corrected chi connectivity index (χ0v) is 11.4. The molecule has 0 heterocycles. The van der Waals surface area contributed by atoms with Crippen molar-refractivity contribution in [2.75, 3.05) is 6.54 Å². The normalized spacial score (nSPS) is 19.4. The summed E-state index contributed by atoms with van der Waals surface area (Å²) in [6.07, 6.45) is 3.82. The molecule has 2 saturated carbocycles. The van der Waals surface area contributed by atoms with Crippen LogP contribution in [0.3, 0.4) is 0 Å². The summed E-state index contributed by atoms with van der Waals surface area (Å²) in [5.41, 5.74) is 0.702. The molecule has 0 unspecified atom stereocenters. The Morgan fingerprint density at radius 3 is 2.35 bits per heavy atom. The average molecular weight is 273 g/mol. The number of carboxylic acids is 1. The van der Waals surface area contributed by atoms with Gasteiger partial charge >= 0.3 is 5.97 Å².